The Morgan fingerprint density at radius 2 is 2.42 bits per heavy atom. The van der Waals surface area contributed by atoms with E-state index in [0.717, 1.165) is 37.3 Å². The number of urea groups is 1. The summed E-state index contributed by atoms with van der Waals surface area (Å²) >= 11 is 1.42. The summed E-state index contributed by atoms with van der Waals surface area (Å²) in [5.74, 6) is 0. The van der Waals surface area contributed by atoms with Crippen LogP contribution >= 0.6 is 11.3 Å². The molecule has 1 aliphatic rings. The first-order chi connectivity index (χ1) is 9.19. The van der Waals surface area contributed by atoms with E-state index in [4.69, 9.17) is 4.74 Å². The van der Waals surface area contributed by atoms with Gasteiger partial charge in [-0.15, -0.1) is 10.2 Å². The Hall–Kier alpha value is -1.21. The summed E-state index contributed by atoms with van der Waals surface area (Å²) in [5.41, 5.74) is 0. The van der Waals surface area contributed by atoms with Gasteiger partial charge in [-0.3, -0.25) is 5.32 Å². The molecule has 2 N–H and O–H groups in total. The first-order valence-corrected chi connectivity index (χ1v) is 7.52. The maximum absolute atomic E-state index is 11.8. The molecule has 0 radical (unpaired) electrons. The van der Waals surface area contributed by atoms with Crippen molar-refractivity contribution in [3.8, 4) is 0 Å². The maximum Gasteiger partial charge on any atom is 0.321 e. The first kappa shape index (κ1) is 14.2. The number of carbonyl (C=O) groups is 1. The zero-order valence-corrected chi connectivity index (χ0v) is 12.1. The molecule has 0 aliphatic carbocycles. The van der Waals surface area contributed by atoms with Crippen molar-refractivity contribution in [1.29, 1.82) is 0 Å². The Morgan fingerprint density at radius 3 is 3.11 bits per heavy atom. The second-order valence-corrected chi connectivity index (χ2v) is 5.75. The molecule has 1 aliphatic heterocycles. The van der Waals surface area contributed by atoms with Gasteiger partial charge in [0.15, 0.2) is 0 Å². The lowest BCUT2D eigenvalue weighted by atomic mass is 10.1. The third-order valence-electron chi connectivity index (χ3n) is 3.03. The standard InChI is InChI=1S/C12H20N4O2S/c1-3-5-10-15-16-12(19-10)14-11(17)13-8(2)9-6-4-7-18-9/h8-9H,3-7H2,1-2H3,(H2,13,14,16,17). The highest BCUT2D eigenvalue weighted by atomic mass is 32.1. The molecule has 2 rings (SSSR count). The van der Waals surface area contributed by atoms with Crippen LogP contribution in [0.25, 0.3) is 0 Å². The van der Waals surface area contributed by atoms with Gasteiger partial charge in [0.25, 0.3) is 0 Å². The number of nitrogens with zero attached hydrogens (tertiary/aromatic N) is 2. The lowest BCUT2D eigenvalue weighted by Gasteiger charge is -2.19. The van der Waals surface area contributed by atoms with Crippen molar-refractivity contribution >= 4 is 22.5 Å². The van der Waals surface area contributed by atoms with E-state index in [2.05, 4.69) is 27.8 Å². The predicted molar refractivity (Wildman–Crippen MR) is 74.5 cm³/mol. The molecule has 7 heteroatoms. The van der Waals surface area contributed by atoms with Gasteiger partial charge in [0, 0.05) is 13.0 Å². The summed E-state index contributed by atoms with van der Waals surface area (Å²) < 4.78 is 5.53. The number of hydrogen-bond donors (Lipinski definition) is 2. The van der Waals surface area contributed by atoms with Crippen molar-refractivity contribution in [3.63, 3.8) is 0 Å². The molecular formula is C12H20N4O2S. The zero-order valence-electron chi connectivity index (χ0n) is 11.3. The molecule has 0 spiro atoms. The fourth-order valence-electron chi connectivity index (χ4n) is 2.05. The molecule has 1 aromatic heterocycles. The summed E-state index contributed by atoms with van der Waals surface area (Å²) in [4.78, 5) is 11.8. The normalized spacial score (nSPS) is 20.2. The number of nitrogens with one attached hydrogen (secondary N) is 2. The lowest BCUT2D eigenvalue weighted by Crippen LogP contribution is -2.42. The fourth-order valence-corrected chi connectivity index (χ4v) is 2.89. The molecule has 2 heterocycles. The highest BCUT2D eigenvalue weighted by Crippen LogP contribution is 2.17. The molecular weight excluding hydrogens is 264 g/mol. The van der Waals surface area contributed by atoms with Crippen LogP contribution in [0.1, 0.15) is 38.1 Å². The Bertz CT molecular complexity index is 418. The van der Waals surface area contributed by atoms with E-state index in [-0.39, 0.29) is 18.2 Å². The lowest BCUT2D eigenvalue weighted by molar-refractivity contribution is 0.0868. The first-order valence-electron chi connectivity index (χ1n) is 6.70. The number of hydrogen-bond acceptors (Lipinski definition) is 5. The SMILES string of the molecule is CCCc1nnc(NC(=O)NC(C)C2CCCO2)s1. The fraction of sp³-hybridized carbons (Fsp3) is 0.750. The summed E-state index contributed by atoms with van der Waals surface area (Å²) in [5, 5.41) is 15.0. The van der Waals surface area contributed by atoms with Gasteiger partial charge in [0.05, 0.1) is 12.1 Å². The number of amides is 2. The number of aryl methyl sites for hydroxylation is 1. The highest BCUT2D eigenvalue weighted by Gasteiger charge is 2.23. The van der Waals surface area contributed by atoms with Gasteiger partial charge in [-0.2, -0.15) is 0 Å². The number of aromatic nitrogens is 2. The summed E-state index contributed by atoms with van der Waals surface area (Å²) in [6, 6.07) is -0.243. The van der Waals surface area contributed by atoms with Crippen LogP contribution in [0.5, 0.6) is 0 Å². The summed E-state index contributed by atoms with van der Waals surface area (Å²) in [6.45, 7) is 4.83. The Kier molecular flexibility index (Phi) is 5.09. The monoisotopic (exact) mass is 284 g/mol. The maximum atomic E-state index is 11.8. The van der Waals surface area contributed by atoms with Crippen molar-refractivity contribution in [2.45, 2.75) is 51.7 Å². The molecule has 1 saturated heterocycles. The Balaban J connectivity index is 1.79. The van der Waals surface area contributed by atoms with Crippen molar-refractivity contribution in [1.82, 2.24) is 15.5 Å². The number of carbonyl (C=O) groups excluding carboxylic acids is 1. The van der Waals surface area contributed by atoms with E-state index in [1.807, 2.05) is 6.92 Å². The minimum atomic E-state index is -0.248. The number of rotatable bonds is 5. The van der Waals surface area contributed by atoms with Gasteiger partial charge < -0.3 is 10.1 Å². The van der Waals surface area contributed by atoms with Gasteiger partial charge in [-0.1, -0.05) is 18.3 Å². The second kappa shape index (κ2) is 6.81. The van der Waals surface area contributed by atoms with Gasteiger partial charge >= 0.3 is 6.03 Å². The van der Waals surface area contributed by atoms with E-state index >= 15 is 0 Å². The van der Waals surface area contributed by atoms with Gasteiger partial charge in [-0.05, 0) is 26.2 Å². The van der Waals surface area contributed by atoms with Crippen LogP contribution in [0, 0.1) is 0 Å². The highest BCUT2D eigenvalue weighted by molar-refractivity contribution is 7.15. The molecule has 2 atom stereocenters. The Labute approximate surface area is 116 Å². The molecule has 2 amide bonds. The van der Waals surface area contributed by atoms with Crippen LogP contribution in [0.2, 0.25) is 0 Å². The smallest absolute Gasteiger partial charge is 0.321 e. The molecule has 1 fully saturated rings. The van der Waals surface area contributed by atoms with E-state index in [9.17, 15) is 4.79 Å². The number of ether oxygens (including phenoxy) is 1. The van der Waals surface area contributed by atoms with Crippen LogP contribution < -0.4 is 10.6 Å². The van der Waals surface area contributed by atoms with Gasteiger partial charge in [0.1, 0.15) is 5.01 Å². The van der Waals surface area contributed by atoms with Crippen LogP contribution in [0.3, 0.4) is 0 Å². The minimum Gasteiger partial charge on any atom is -0.376 e. The van der Waals surface area contributed by atoms with E-state index < -0.39 is 0 Å². The van der Waals surface area contributed by atoms with Gasteiger partial charge in [0.2, 0.25) is 5.13 Å². The zero-order chi connectivity index (χ0) is 13.7. The van der Waals surface area contributed by atoms with Crippen LogP contribution in [-0.4, -0.2) is 35.0 Å². The summed E-state index contributed by atoms with van der Waals surface area (Å²) in [6.07, 6.45) is 4.11. The predicted octanol–water partition coefficient (Wildman–Crippen LogP) is 2.18. The van der Waals surface area contributed by atoms with E-state index in [0.29, 0.717) is 5.13 Å². The van der Waals surface area contributed by atoms with E-state index in [1.54, 1.807) is 0 Å². The minimum absolute atomic E-state index is 0.00512. The van der Waals surface area contributed by atoms with Crippen LogP contribution in [0.15, 0.2) is 0 Å². The molecule has 0 saturated carbocycles. The van der Waals surface area contributed by atoms with Crippen molar-refractivity contribution < 1.29 is 9.53 Å². The largest absolute Gasteiger partial charge is 0.376 e. The summed E-state index contributed by atoms with van der Waals surface area (Å²) in [7, 11) is 0. The quantitative estimate of drug-likeness (QED) is 0.869. The van der Waals surface area contributed by atoms with E-state index in [1.165, 1.54) is 11.3 Å². The molecule has 6 nitrogen and oxygen atoms in total. The van der Waals surface area contributed by atoms with Crippen LogP contribution in [0.4, 0.5) is 9.93 Å². The third kappa shape index (κ3) is 4.14. The van der Waals surface area contributed by atoms with Gasteiger partial charge in [-0.25, -0.2) is 4.79 Å². The molecule has 0 bridgehead atoms. The Morgan fingerprint density at radius 1 is 1.58 bits per heavy atom. The number of anilines is 1. The van der Waals surface area contributed by atoms with Crippen molar-refractivity contribution in [2.75, 3.05) is 11.9 Å². The second-order valence-electron chi connectivity index (χ2n) is 4.69. The molecule has 106 valence electrons. The average molecular weight is 284 g/mol. The average Bonchev–Trinajstić information content (AvgIpc) is 3.00. The topological polar surface area (TPSA) is 76.1 Å². The third-order valence-corrected chi connectivity index (χ3v) is 3.93. The molecule has 1 aromatic rings. The molecule has 19 heavy (non-hydrogen) atoms. The molecule has 2 unspecified atom stereocenters. The van der Waals surface area contributed by atoms with Crippen molar-refractivity contribution in [3.05, 3.63) is 5.01 Å². The molecule has 0 aromatic carbocycles. The van der Waals surface area contributed by atoms with Crippen molar-refractivity contribution in [2.24, 2.45) is 0 Å². The van der Waals surface area contributed by atoms with Crippen LogP contribution in [-0.2, 0) is 11.2 Å².